The lowest BCUT2D eigenvalue weighted by molar-refractivity contribution is -0.0480. The number of nitrogens with zero attached hydrogens (tertiary/aromatic N) is 1. The summed E-state index contributed by atoms with van der Waals surface area (Å²) >= 11 is 0. The van der Waals surface area contributed by atoms with E-state index in [0.29, 0.717) is 6.21 Å². The van der Waals surface area contributed by atoms with E-state index in [4.69, 9.17) is 9.47 Å². The lowest BCUT2D eigenvalue weighted by Gasteiger charge is -2.27. The molecule has 3 aromatic carbocycles. The molecule has 42 heavy (non-hydrogen) atoms. The zero-order valence-corrected chi connectivity index (χ0v) is 22.0. The second-order valence-electron chi connectivity index (χ2n) is 8.07. The van der Waals surface area contributed by atoms with Crippen molar-refractivity contribution < 1.29 is 62.8 Å². The van der Waals surface area contributed by atoms with Crippen molar-refractivity contribution in [2.45, 2.75) is 23.3 Å². The molecule has 0 N–H and O–H groups in total. The standard InChI is InChI=1S/C26H19F6NO8S/c1-38-33-12-16(27)23(40-26(35)15-10-6-3-7-11-15)17(13-39-25(34)14-8-4-2-5-9-14)41-42(36,37)24-21(31)19(29)18(28)20(30)22(24)32/h2-12,16-17,23H,13H2,1H3/b33-12-/t16-,17-,23+/m1/s1. The Morgan fingerprint density at radius 2 is 1.29 bits per heavy atom. The Labute approximate surface area is 234 Å². The molecule has 0 radical (unpaired) electrons. The molecule has 0 saturated carbocycles. The number of ether oxygens (including phenoxy) is 2. The number of halogens is 6. The molecule has 0 amide bonds. The van der Waals surface area contributed by atoms with Gasteiger partial charge in [-0.3, -0.25) is 4.18 Å². The normalized spacial score (nSPS) is 13.8. The van der Waals surface area contributed by atoms with Gasteiger partial charge in [0.05, 0.1) is 17.3 Å². The minimum atomic E-state index is -6.02. The minimum absolute atomic E-state index is 0.0885. The number of carbonyl (C=O) groups is 2. The average Bonchev–Trinajstić information content (AvgIpc) is 2.99. The van der Waals surface area contributed by atoms with E-state index < -0.39 is 81.0 Å². The van der Waals surface area contributed by atoms with Gasteiger partial charge in [0.25, 0.3) is 0 Å². The molecule has 224 valence electrons. The number of hydrogen-bond donors (Lipinski definition) is 0. The first-order valence-electron chi connectivity index (χ1n) is 11.5. The first-order chi connectivity index (χ1) is 19.9. The average molecular weight is 619 g/mol. The molecular formula is C26H19F6NO8S. The van der Waals surface area contributed by atoms with Crippen LogP contribution < -0.4 is 0 Å². The van der Waals surface area contributed by atoms with Crippen LogP contribution in [-0.2, 0) is 28.6 Å². The van der Waals surface area contributed by atoms with E-state index in [2.05, 4.69) is 14.2 Å². The van der Waals surface area contributed by atoms with Crippen molar-refractivity contribution in [2.24, 2.45) is 5.16 Å². The van der Waals surface area contributed by atoms with Gasteiger partial charge in [0.15, 0.2) is 46.5 Å². The summed E-state index contributed by atoms with van der Waals surface area (Å²) in [6.45, 7) is -1.28. The molecule has 0 aromatic heterocycles. The van der Waals surface area contributed by atoms with Gasteiger partial charge in [-0.05, 0) is 24.3 Å². The van der Waals surface area contributed by atoms with Crippen molar-refractivity contribution in [3.8, 4) is 0 Å². The van der Waals surface area contributed by atoms with Gasteiger partial charge in [-0.1, -0.05) is 41.6 Å². The van der Waals surface area contributed by atoms with E-state index in [-0.39, 0.29) is 11.1 Å². The predicted molar refractivity (Wildman–Crippen MR) is 131 cm³/mol. The molecule has 3 rings (SSSR count). The maximum atomic E-state index is 15.3. The first kappa shape index (κ1) is 32.1. The van der Waals surface area contributed by atoms with E-state index in [9.17, 15) is 40.0 Å². The first-order valence-corrected chi connectivity index (χ1v) is 12.9. The Kier molecular flexibility index (Phi) is 10.7. The number of esters is 2. The van der Waals surface area contributed by atoms with Crippen LogP contribution in [0.2, 0.25) is 0 Å². The van der Waals surface area contributed by atoms with E-state index in [1.165, 1.54) is 54.6 Å². The van der Waals surface area contributed by atoms with Crippen molar-refractivity contribution in [1.82, 2.24) is 0 Å². The van der Waals surface area contributed by atoms with Gasteiger partial charge in [0, 0.05) is 0 Å². The predicted octanol–water partition coefficient (Wildman–Crippen LogP) is 4.51. The van der Waals surface area contributed by atoms with Crippen molar-refractivity contribution in [2.75, 3.05) is 13.7 Å². The summed E-state index contributed by atoms with van der Waals surface area (Å²) in [6, 6.07) is 13.7. The number of alkyl halides is 1. The molecular weight excluding hydrogens is 600 g/mol. The third-order valence-electron chi connectivity index (χ3n) is 5.30. The molecule has 9 nitrogen and oxygen atoms in total. The monoisotopic (exact) mass is 619 g/mol. The van der Waals surface area contributed by atoms with Crippen LogP contribution in [-0.4, -0.2) is 58.7 Å². The van der Waals surface area contributed by atoms with E-state index in [1.54, 1.807) is 6.07 Å². The van der Waals surface area contributed by atoms with Crippen LogP contribution in [0.4, 0.5) is 26.3 Å². The molecule has 0 bridgehead atoms. The zero-order chi connectivity index (χ0) is 31.0. The third kappa shape index (κ3) is 7.44. The highest BCUT2D eigenvalue weighted by molar-refractivity contribution is 7.86. The smallest absolute Gasteiger partial charge is 0.338 e. The summed E-state index contributed by atoms with van der Waals surface area (Å²) < 4.78 is 126. The summed E-state index contributed by atoms with van der Waals surface area (Å²) in [5.74, 6) is -15.9. The Morgan fingerprint density at radius 1 is 0.810 bits per heavy atom. The van der Waals surface area contributed by atoms with Gasteiger partial charge < -0.3 is 14.3 Å². The van der Waals surface area contributed by atoms with Crippen LogP contribution in [0, 0.1) is 29.1 Å². The lowest BCUT2D eigenvalue weighted by Crippen LogP contribution is -2.45. The maximum absolute atomic E-state index is 15.3. The number of carbonyl (C=O) groups excluding carboxylic acids is 2. The third-order valence-corrected chi connectivity index (χ3v) is 6.66. The van der Waals surface area contributed by atoms with Crippen LogP contribution in [0.1, 0.15) is 20.7 Å². The maximum Gasteiger partial charge on any atom is 0.338 e. The van der Waals surface area contributed by atoms with Gasteiger partial charge >= 0.3 is 22.1 Å². The molecule has 0 unspecified atom stereocenters. The van der Waals surface area contributed by atoms with Crippen LogP contribution in [0.3, 0.4) is 0 Å². The molecule has 0 aliphatic carbocycles. The fourth-order valence-electron chi connectivity index (χ4n) is 3.32. The van der Waals surface area contributed by atoms with Crippen LogP contribution in [0.25, 0.3) is 0 Å². The molecule has 3 atom stereocenters. The Balaban J connectivity index is 2.08. The largest absolute Gasteiger partial charge is 0.459 e. The molecule has 16 heteroatoms. The topological polar surface area (TPSA) is 118 Å². The number of oxime groups is 1. The zero-order valence-electron chi connectivity index (χ0n) is 21.2. The number of hydrogen-bond acceptors (Lipinski definition) is 9. The van der Waals surface area contributed by atoms with Crippen molar-refractivity contribution in [1.29, 1.82) is 0 Å². The van der Waals surface area contributed by atoms with Gasteiger partial charge in [0.2, 0.25) is 5.82 Å². The van der Waals surface area contributed by atoms with Crippen molar-refractivity contribution in [3.63, 3.8) is 0 Å². The van der Waals surface area contributed by atoms with Crippen LogP contribution >= 0.6 is 0 Å². The summed E-state index contributed by atoms with van der Waals surface area (Å²) in [6.07, 6.45) is -7.13. The van der Waals surface area contributed by atoms with Gasteiger partial charge in [0.1, 0.15) is 13.7 Å². The van der Waals surface area contributed by atoms with Gasteiger partial charge in [-0.2, -0.15) is 8.42 Å². The summed E-state index contributed by atoms with van der Waals surface area (Å²) in [5.41, 5.74) is -0.268. The SMILES string of the molecule is CO/N=C\[C@@H](F)[C@H](OC(=O)c1ccccc1)[C@@H](COC(=O)c1ccccc1)OS(=O)(=O)c1c(F)c(F)c(F)c(F)c1F. The van der Waals surface area contributed by atoms with E-state index >= 15 is 4.39 Å². The fourth-order valence-corrected chi connectivity index (χ4v) is 4.53. The highest BCUT2D eigenvalue weighted by Crippen LogP contribution is 2.30. The van der Waals surface area contributed by atoms with E-state index in [1.807, 2.05) is 0 Å². The fraction of sp³-hybridized carbons (Fsp3) is 0.192. The second kappa shape index (κ2) is 14.0. The molecule has 0 aliphatic heterocycles. The van der Waals surface area contributed by atoms with Crippen molar-refractivity contribution in [3.05, 3.63) is 101 Å². The summed E-state index contributed by atoms with van der Waals surface area (Å²) in [7, 11) is -5.02. The Bertz CT molecular complexity index is 1530. The van der Waals surface area contributed by atoms with Gasteiger partial charge in [-0.25, -0.2) is 35.9 Å². The number of rotatable bonds is 12. The number of benzene rings is 3. The summed E-state index contributed by atoms with van der Waals surface area (Å²) in [5, 5.41) is 3.15. The molecule has 0 spiro atoms. The highest BCUT2D eigenvalue weighted by atomic mass is 32.2. The second-order valence-corrected chi connectivity index (χ2v) is 9.58. The lowest BCUT2D eigenvalue weighted by atomic mass is 10.1. The van der Waals surface area contributed by atoms with Crippen LogP contribution in [0.5, 0.6) is 0 Å². The molecule has 0 heterocycles. The quantitative estimate of drug-likeness (QED) is 0.0553. The molecule has 3 aromatic rings. The Hall–Kier alpha value is -4.44. The minimum Gasteiger partial charge on any atom is -0.459 e. The Morgan fingerprint density at radius 3 is 1.79 bits per heavy atom. The van der Waals surface area contributed by atoms with E-state index in [0.717, 1.165) is 7.11 Å². The van der Waals surface area contributed by atoms with Crippen molar-refractivity contribution >= 4 is 28.3 Å². The van der Waals surface area contributed by atoms with Crippen LogP contribution in [0.15, 0.2) is 70.7 Å². The molecule has 0 aliphatic rings. The molecule has 0 fully saturated rings. The highest BCUT2D eigenvalue weighted by Gasteiger charge is 2.42. The van der Waals surface area contributed by atoms with Gasteiger partial charge in [-0.15, -0.1) is 0 Å². The summed E-state index contributed by atoms with van der Waals surface area (Å²) in [4.78, 5) is 27.2. The molecule has 0 saturated heterocycles.